The summed E-state index contributed by atoms with van der Waals surface area (Å²) in [5.41, 5.74) is 0.669. The number of hydrogen-bond acceptors (Lipinski definition) is 5. The summed E-state index contributed by atoms with van der Waals surface area (Å²) in [4.78, 5) is 0. The van der Waals surface area contributed by atoms with Gasteiger partial charge >= 0.3 is 0 Å². The Kier molecular flexibility index (Phi) is 3.48. The number of nitriles is 1. The van der Waals surface area contributed by atoms with Crippen molar-refractivity contribution in [3.63, 3.8) is 0 Å². The molecule has 0 aliphatic heterocycles. The van der Waals surface area contributed by atoms with E-state index in [1.807, 2.05) is 0 Å². The Morgan fingerprint density at radius 2 is 2.06 bits per heavy atom. The van der Waals surface area contributed by atoms with Crippen molar-refractivity contribution in [2.45, 2.75) is 17.3 Å². The van der Waals surface area contributed by atoms with E-state index >= 15 is 0 Å². The molecule has 0 radical (unpaired) electrons. The molecular weight excluding hydrogens is 253 g/mol. The molecule has 0 bridgehead atoms. The molecule has 0 spiro atoms. The summed E-state index contributed by atoms with van der Waals surface area (Å²) in [6.07, 6.45) is 0. The summed E-state index contributed by atoms with van der Waals surface area (Å²) < 4.78 is 14.1. The largest absolute Gasteiger partial charge is 0.335 e. The predicted octanol–water partition coefficient (Wildman–Crippen LogP) is 1.80. The van der Waals surface area contributed by atoms with Crippen LogP contribution in [0.25, 0.3) is 11.4 Å². The summed E-state index contributed by atoms with van der Waals surface area (Å²) in [5.74, 6) is 5.95. The van der Waals surface area contributed by atoms with Crippen LogP contribution in [-0.2, 0) is 0 Å². The molecule has 18 heavy (non-hydrogen) atoms. The maximum atomic E-state index is 12.8. The van der Waals surface area contributed by atoms with Crippen molar-refractivity contribution < 1.29 is 4.39 Å². The second-order valence-corrected chi connectivity index (χ2v) is 4.88. The number of rotatable bonds is 3. The van der Waals surface area contributed by atoms with Gasteiger partial charge in [-0.25, -0.2) is 9.07 Å². The van der Waals surface area contributed by atoms with Crippen molar-refractivity contribution in [2.75, 3.05) is 5.84 Å². The molecule has 0 amide bonds. The SMILES string of the molecule is C[C@@H](C#N)Sc1nnc(-c2ccc(F)cc2)n1N. The Balaban J connectivity index is 2.31. The highest BCUT2D eigenvalue weighted by atomic mass is 32.2. The van der Waals surface area contributed by atoms with Crippen LogP contribution in [0.4, 0.5) is 4.39 Å². The number of nitrogens with two attached hydrogens (primary N) is 1. The van der Waals surface area contributed by atoms with Gasteiger partial charge in [0.1, 0.15) is 5.82 Å². The van der Waals surface area contributed by atoms with Gasteiger partial charge in [0.15, 0.2) is 5.82 Å². The van der Waals surface area contributed by atoms with Gasteiger partial charge in [-0.3, -0.25) is 0 Å². The second-order valence-electron chi connectivity index (χ2n) is 3.57. The Morgan fingerprint density at radius 3 is 2.67 bits per heavy atom. The van der Waals surface area contributed by atoms with Crippen LogP contribution in [-0.4, -0.2) is 20.1 Å². The van der Waals surface area contributed by atoms with Gasteiger partial charge in [0.05, 0.1) is 11.3 Å². The number of halogens is 1. The number of nitrogen functional groups attached to an aromatic ring is 1. The molecule has 2 aromatic rings. The van der Waals surface area contributed by atoms with E-state index in [1.165, 1.54) is 28.6 Å². The lowest BCUT2D eigenvalue weighted by molar-refractivity contribution is 0.628. The van der Waals surface area contributed by atoms with E-state index < -0.39 is 0 Å². The normalized spacial score (nSPS) is 12.1. The maximum absolute atomic E-state index is 12.8. The Hall–Kier alpha value is -2.07. The fourth-order valence-electron chi connectivity index (χ4n) is 1.34. The zero-order chi connectivity index (χ0) is 13.1. The minimum absolute atomic E-state index is 0.266. The summed E-state index contributed by atoms with van der Waals surface area (Å²) in [7, 11) is 0. The molecule has 0 fully saturated rings. The van der Waals surface area contributed by atoms with Gasteiger partial charge in [-0.05, 0) is 31.2 Å². The second kappa shape index (κ2) is 5.06. The fourth-order valence-corrected chi connectivity index (χ4v) is 1.99. The van der Waals surface area contributed by atoms with E-state index in [-0.39, 0.29) is 11.1 Å². The molecule has 1 heterocycles. The van der Waals surface area contributed by atoms with Gasteiger partial charge < -0.3 is 5.84 Å². The van der Waals surface area contributed by atoms with Crippen molar-refractivity contribution >= 4 is 11.8 Å². The highest BCUT2D eigenvalue weighted by Gasteiger charge is 2.14. The third kappa shape index (κ3) is 2.43. The van der Waals surface area contributed by atoms with Gasteiger partial charge in [0.2, 0.25) is 5.16 Å². The number of thioether (sulfide) groups is 1. The summed E-state index contributed by atoms with van der Waals surface area (Å²) >= 11 is 1.22. The van der Waals surface area contributed by atoms with Gasteiger partial charge in [-0.15, -0.1) is 10.2 Å². The van der Waals surface area contributed by atoms with E-state index in [0.717, 1.165) is 0 Å². The predicted molar refractivity (Wildman–Crippen MR) is 66.5 cm³/mol. The quantitative estimate of drug-likeness (QED) is 0.674. The minimum Gasteiger partial charge on any atom is -0.335 e. The molecule has 92 valence electrons. The molecule has 1 aromatic carbocycles. The molecule has 0 saturated heterocycles. The first-order chi connectivity index (χ1) is 8.61. The van der Waals surface area contributed by atoms with Gasteiger partial charge in [0.25, 0.3) is 0 Å². The number of benzene rings is 1. The van der Waals surface area contributed by atoms with E-state index in [0.29, 0.717) is 16.5 Å². The lowest BCUT2D eigenvalue weighted by Gasteiger charge is -2.04. The lowest BCUT2D eigenvalue weighted by atomic mass is 10.2. The average molecular weight is 263 g/mol. The number of nitrogens with zero attached hydrogens (tertiary/aromatic N) is 4. The molecule has 0 aliphatic carbocycles. The highest BCUT2D eigenvalue weighted by molar-refractivity contribution is 8.00. The smallest absolute Gasteiger partial charge is 0.211 e. The van der Waals surface area contributed by atoms with Crippen LogP contribution < -0.4 is 5.84 Å². The lowest BCUT2D eigenvalue weighted by Crippen LogP contribution is -2.12. The molecule has 0 unspecified atom stereocenters. The molecule has 7 heteroatoms. The molecule has 2 rings (SSSR count). The van der Waals surface area contributed by atoms with E-state index in [2.05, 4.69) is 16.3 Å². The van der Waals surface area contributed by atoms with Crippen LogP contribution in [0.2, 0.25) is 0 Å². The van der Waals surface area contributed by atoms with Crippen LogP contribution in [0.1, 0.15) is 6.92 Å². The average Bonchev–Trinajstić information content (AvgIpc) is 2.72. The molecule has 5 nitrogen and oxygen atoms in total. The topological polar surface area (TPSA) is 80.5 Å². The van der Waals surface area contributed by atoms with E-state index in [4.69, 9.17) is 11.1 Å². The molecule has 0 aliphatic rings. The first-order valence-electron chi connectivity index (χ1n) is 5.14. The number of aromatic nitrogens is 3. The maximum Gasteiger partial charge on any atom is 0.211 e. The summed E-state index contributed by atoms with van der Waals surface area (Å²) in [6.45, 7) is 1.75. The Morgan fingerprint density at radius 1 is 1.39 bits per heavy atom. The zero-order valence-electron chi connectivity index (χ0n) is 9.54. The molecule has 2 N–H and O–H groups in total. The molecule has 1 atom stereocenters. The summed E-state index contributed by atoms with van der Waals surface area (Å²) in [6, 6.07) is 7.88. The van der Waals surface area contributed by atoms with Crippen LogP contribution in [0.15, 0.2) is 29.4 Å². The van der Waals surface area contributed by atoms with Crippen LogP contribution in [0.5, 0.6) is 0 Å². The Labute approximate surface area is 107 Å². The van der Waals surface area contributed by atoms with Crippen LogP contribution in [0.3, 0.4) is 0 Å². The standard InChI is InChI=1S/C11H10FN5S/c1-7(6-13)18-11-16-15-10(17(11)14)8-2-4-9(12)5-3-8/h2-5,7H,14H2,1H3/t7-/m0/s1. The first kappa shape index (κ1) is 12.4. The van der Waals surface area contributed by atoms with Crippen LogP contribution in [0, 0.1) is 17.1 Å². The fraction of sp³-hybridized carbons (Fsp3) is 0.182. The van der Waals surface area contributed by atoms with Gasteiger partial charge in [-0.1, -0.05) is 11.8 Å². The van der Waals surface area contributed by atoms with Crippen molar-refractivity contribution in [3.05, 3.63) is 30.1 Å². The van der Waals surface area contributed by atoms with E-state index in [1.54, 1.807) is 19.1 Å². The zero-order valence-corrected chi connectivity index (χ0v) is 10.4. The molecular formula is C11H10FN5S. The molecule has 1 aromatic heterocycles. The number of hydrogen-bond donors (Lipinski definition) is 1. The van der Waals surface area contributed by atoms with Gasteiger partial charge in [-0.2, -0.15) is 5.26 Å². The van der Waals surface area contributed by atoms with E-state index in [9.17, 15) is 4.39 Å². The van der Waals surface area contributed by atoms with Crippen molar-refractivity contribution in [1.82, 2.24) is 14.9 Å². The third-order valence-electron chi connectivity index (χ3n) is 2.23. The minimum atomic E-state index is -0.325. The monoisotopic (exact) mass is 263 g/mol. The van der Waals surface area contributed by atoms with Crippen molar-refractivity contribution in [3.8, 4) is 17.5 Å². The molecule has 0 saturated carbocycles. The van der Waals surface area contributed by atoms with Crippen molar-refractivity contribution in [2.24, 2.45) is 0 Å². The van der Waals surface area contributed by atoms with Crippen LogP contribution >= 0.6 is 11.8 Å². The highest BCUT2D eigenvalue weighted by Crippen LogP contribution is 2.24. The van der Waals surface area contributed by atoms with Crippen molar-refractivity contribution in [1.29, 1.82) is 5.26 Å². The third-order valence-corrected chi connectivity index (χ3v) is 3.18. The first-order valence-corrected chi connectivity index (χ1v) is 6.02. The van der Waals surface area contributed by atoms with Gasteiger partial charge in [0, 0.05) is 5.56 Å². The Bertz CT molecular complexity index is 586. The summed E-state index contributed by atoms with van der Waals surface area (Å²) in [5, 5.41) is 16.8.